The number of hydrogen-bond donors (Lipinski definition) is 1. The SMILES string of the molecule is Fc1ccc(N2CCCCCC2)c(NC(=S)c2ccncc2)c1. The minimum atomic E-state index is -0.261. The Balaban J connectivity index is 1.85. The molecule has 1 aromatic carbocycles. The van der Waals surface area contributed by atoms with E-state index in [1.165, 1.54) is 37.8 Å². The second-order valence-electron chi connectivity index (χ2n) is 5.75. The fraction of sp³-hybridized carbons (Fsp3) is 0.333. The molecule has 0 atom stereocenters. The van der Waals surface area contributed by atoms with Gasteiger partial charge in [0.1, 0.15) is 10.8 Å². The minimum absolute atomic E-state index is 0.261. The molecule has 1 aliphatic rings. The van der Waals surface area contributed by atoms with E-state index in [-0.39, 0.29) is 5.82 Å². The lowest BCUT2D eigenvalue weighted by atomic mass is 10.2. The largest absolute Gasteiger partial charge is 0.370 e. The lowest BCUT2D eigenvalue weighted by molar-refractivity contribution is 0.628. The predicted molar refractivity (Wildman–Crippen MR) is 96.6 cm³/mol. The Kier molecular flexibility index (Phi) is 5.18. The highest BCUT2D eigenvalue weighted by atomic mass is 32.1. The molecule has 0 spiro atoms. The maximum atomic E-state index is 13.7. The van der Waals surface area contributed by atoms with Gasteiger partial charge >= 0.3 is 0 Å². The number of halogens is 1. The average Bonchev–Trinajstić information content (AvgIpc) is 2.85. The smallest absolute Gasteiger partial charge is 0.125 e. The van der Waals surface area contributed by atoms with Crippen LogP contribution in [-0.4, -0.2) is 23.1 Å². The monoisotopic (exact) mass is 329 g/mol. The van der Waals surface area contributed by atoms with Crippen molar-refractivity contribution in [1.29, 1.82) is 0 Å². The van der Waals surface area contributed by atoms with Crippen molar-refractivity contribution in [1.82, 2.24) is 4.98 Å². The van der Waals surface area contributed by atoms with Gasteiger partial charge in [-0.05, 0) is 43.2 Å². The second kappa shape index (κ2) is 7.51. The molecule has 3 rings (SSSR count). The molecular formula is C18H20FN3S. The molecule has 1 saturated heterocycles. The fourth-order valence-electron chi connectivity index (χ4n) is 2.89. The number of nitrogens with one attached hydrogen (secondary N) is 1. The summed E-state index contributed by atoms with van der Waals surface area (Å²) >= 11 is 5.45. The standard InChI is InChI=1S/C18H20FN3S/c19-15-5-6-17(22-11-3-1-2-4-12-22)16(13-15)21-18(23)14-7-9-20-10-8-14/h5-10,13H,1-4,11-12H2,(H,21,23). The van der Waals surface area contributed by atoms with E-state index in [1.807, 2.05) is 18.2 Å². The van der Waals surface area contributed by atoms with E-state index in [4.69, 9.17) is 12.2 Å². The molecule has 1 N–H and O–H groups in total. The summed E-state index contributed by atoms with van der Waals surface area (Å²) in [5.74, 6) is -0.261. The highest BCUT2D eigenvalue weighted by molar-refractivity contribution is 7.81. The third-order valence-corrected chi connectivity index (χ3v) is 4.43. The number of rotatable bonds is 3. The highest BCUT2D eigenvalue weighted by Gasteiger charge is 2.15. The van der Waals surface area contributed by atoms with E-state index >= 15 is 0 Å². The average molecular weight is 329 g/mol. The van der Waals surface area contributed by atoms with E-state index in [2.05, 4.69) is 15.2 Å². The van der Waals surface area contributed by atoms with Crippen molar-refractivity contribution >= 4 is 28.6 Å². The molecule has 0 bridgehead atoms. The van der Waals surface area contributed by atoms with Gasteiger partial charge in [0.15, 0.2) is 0 Å². The molecule has 0 aliphatic carbocycles. The van der Waals surface area contributed by atoms with Crippen molar-refractivity contribution in [3.05, 3.63) is 54.1 Å². The summed E-state index contributed by atoms with van der Waals surface area (Å²) in [7, 11) is 0. The first-order valence-electron chi connectivity index (χ1n) is 8.00. The predicted octanol–water partition coefficient (Wildman–Crippen LogP) is 4.39. The molecule has 2 aromatic rings. The van der Waals surface area contributed by atoms with Crippen LogP contribution in [0.1, 0.15) is 31.2 Å². The number of pyridine rings is 1. The van der Waals surface area contributed by atoms with E-state index in [1.54, 1.807) is 12.4 Å². The van der Waals surface area contributed by atoms with Crippen LogP contribution in [0.3, 0.4) is 0 Å². The molecule has 0 radical (unpaired) electrons. The second-order valence-corrected chi connectivity index (χ2v) is 6.16. The Hall–Kier alpha value is -2.01. The third kappa shape index (κ3) is 4.05. The minimum Gasteiger partial charge on any atom is -0.370 e. The van der Waals surface area contributed by atoms with Gasteiger partial charge in [-0.3, -0.25) is 4.98 Å². The zero-order valence-electron chi connectivity index (χ0n) is 13.0. The summed E-state index contributed by atoms with van der Waals surface area (Å²) in [5.41, 5.74) is 2.62. The number of aromatic nitrogens is 1. The zero-order chi connectivity index (χ0) is 16.1. The number of nitrogens with zero attached hydrogens (tertiary/aromatic N) is 2. The Labute approximate surface area is 141 Å². The van der Waals surface area contributed by atoms with Gasteiger partial charge in [0.2, 0.25) is 0 Å². The quantitative estimate of drug-likeness (QED) is 0.846. The topological polar surface area (TPSA) is 28.2 Å². The molecule has 3 nitrogen and oxygen atoms in total. The molecule has 1 aliphatic heterocycles. The van der Waals surface area contributed by atoms with E-state index < -0.39 is 0 Å². The van der Waals surface area contributed by atoms with Gasteiger partial charge in [0, 0.05) is 31.0 Å². The van der Waals surface area contributed by atoms with E-state index in [0.717, 1.165) is 30.0 Å². The van der Waals surface area contributed by atoms with Crippen LogP contribution in [0.25, 0.3) is 0 Å². The zero-order valence-corrected chi connectivity index (χ0v) is 13.8. The molecule has 0 amide bonds. The van der Waals surface area contributed by atoms with Gasteiger partial charge in [-0.1, -0.05) is 25.1 Å². The van der Waals surface area contributed by atoms with Crippen LogP contribution in [0.2, 0.25) is 0 Å². The van der Waals surface area contributed by atoms with Crippen molar-refractivity contribution in [2.45, 2.75) is 25.7 Å². The summed E-state index contributed by atoms with van der Waals surface area (Å²) in [6.45, 7) is 2.00. The van der Waals surface area contributed by atoms with E-state index in [9.17, 15) is 4.39 Å². The van der Waals surface area contributed by atoms with Crippen LogP contribution in [0, 0.1) is 5.82 Å². The van der Waals surface area contributed by atoms with Crippen LogP contribution in [-0.2, 0) is 0 Å². The highest BCUT2D eigenvalue weighted by Crippen LogP contribution is 2.29. The molecule has 1 fully saturated rings. The van der Waals surface area contributed by atoms with Crippen molar-refractivity contribution in [2.24, 2.45) is 0 Å². The van der Waals surface area contributed by atoms with Crippen molar-refractivity contribution in [2.75, 3.05) is 23.3 Å². The van der Waals surface area contributed by atoms with Gasteiger partial charge < -0.3 is 10.2 Å². The molecule has 5 heteroatoms. The molecule has 2 heterocycles. The third-order valence-electron chi connectivity index (χ3n) is 4.10. The Morgan fingerprint density at radius 1 is 1.04 bits per heavy atom. The summed E-state index contributed by atoms with van der Waals surface area (Å²) in [5, 5.41) is 3.21. The molecule has 120 valence electrons. The van der Waals surface area contributed by atoms with Crippen LogP contribution in [0.15, 0.2) is 42.7 Å². The first kappa shape index (κ1) is 15.9. The Morgan fingerprint density at radius 2 is 1.74 bits per heavy atom. The Bertz CT molecular complexity index is 667. The first-order chi connectivity index (χ1) is 11.2. The normalized spacial score (nSPS) is 15.1. The van der Waals surface area contributed by atoms with Gasteiger partial charge in [0.05, 0.1) is 11.4 Å². The Morgan fingerprint density at radius 3 is 2.43 bits per heavy atom. The van der Waals surface area contributed by atoms with Crippen LogP contribution in [0.5, 0.6) is 0 Å². The summed E-state index contributed by atoms with van der Waals surface area (Å²) in [6.07, 6.45) is 8.26. The van der Waals surface area contributed by atoms with Gasteiger partial charge in [0.25, 0.3) is 0 Å². The number of hydrogen-bond acceptors (Lipinski definition) is 3. The van der Waals surface area contributed by atoms with Gasteiger partial charge in [-0.15, -0.1) is 0 Å². The first-order valence-corrected chi connectivity index (χ1v) is 8.41. The van der Waals surface area contributed by atoms with Crippen molar-refractivity contribution in [3.63, 3.8) is 0 Å². The summed E-state index contributed by atoms with van der Waals surface area (Å²) in [4.78, 5) is 6.90. The lowest BCUT2D eigenvalue weighted by Crippen LogP contribution is -2.25. The summed E-state index contributed by atoms with van der Waals surface area (Å²) in [6, 6.07) is 8.58. The number of anilines is 2. The van der Waals surface area contributed by atoms with Crippen molar-refractivity contribution < 1.29 is 4.39 Å². The molecule has 0 saturated carbocycles. The van der Waals surface area contributed by atoms with Crippen LogP contribution < -0.4 is 10.2 Å². The molecule has 23 heavy (non-hydrogen) atoms. The molecule has 0 unspecified atom stereocenters. The van der Waals surface area contributed by atoms with Gasteiger partial charge in [-0.2, -0.15) is 0 Å². The maximum absolute atomic E-state index is 13.7. The maximum Gasteiger partial charge on any atom is 0.125 e. The van der Waals surface area contributed by atoms with E-state index in [0.29, 0.717) is 4.99 Å². The molecular weight excluding hydrogens is 309 g/mol. The fourth-order valence-corrected chi connectivity index (χ4v) is 3.14. The lowest BCUT2D eigenvalue weighted by Gasteiger charge is -2.26. The number of benzene rings is 1. The number of thiocarbonyl (C=S) groups is 1. The van der Waals surface area contributed by atoms with Crippen molar-refractivity contribution in [3.8, 4) is 0 Å². The van der Waals surface area contributed by atoms with Crippen LogP contribution in [0.4, 0.5) is 15.8 Å². The van der Waals surface area contributed by atoms with Crippen LogP contribution >= 0.6 is 12.2 Å². The van der Waals surface area contributed by atoms with Gasteiger partial charge in [-0.25, -0.2) is 4.39 Å². The molecule has 1 aromatic heterocycles. The summed E-state index contributed by atoms with van der Waals surface area (Å²) < 4.78 is 13.7.